The van der Waals surface area contributed by atoms with Crippen LogP contribution in [0.5, 0.6) is 0 Å². The van der Waals surface area contributed by atoms with Crippen molar-refractivity contribution in [3.63, 3.8) is 0 Å². The van der Waals surface area contributed by atoms with E-state index >= 15 is 4.39 Å². The second-order valence-corrected chi connectivity index (χ2v) is 13.1. The molecule has 4 aliphatic rings. The Bertz CT molecular complexity index is 1710. The van der Waals surface area contributed by atoms with Crippen LogP contribution in [0.1, 0.15) is 41.7 Å². The third-order valence-corrected chi connectivity index (χ3v) is 9.79. The van der Waals surface area contributed by atoms with Crippen molar-refractivity contribution < 1.29 is 23.5 Å². The Morgan fingerprint density at radius 3 is 2.40 bits per heavy atom. The van der Waals surface area contributed by atoms with Gasteiger partial charge < -0.3 is 30.9 Å². The maximum Gasteiger partial charge on any atom is 0.328 e. The molecule has 4 amide bonds. The predicted molar refractivity (Wildman–Crippen MR) is 185 cm³/mol. The number of rotatable bonds is 9. The van der Waals surface area contributed by atoms with Gasteiger partial charge >= 0.3 is 6.03 Å². The summed E-state index contributed by atoms with van der Waals surface area (Å²) in [6, 6.07) is 12.5. The fraction of sp³-hybridized carbons (Fsp3) is 0.471. The number of carbonyl (C=O) groups is 3. The zero-order valence-electron chi connectivity index (χ0n) is 27.8. The molecule has 0 radical (unpaired) electrons. The number of morpholine rings is 1. The number of ether oxygens (including phenoxy) is 1. The van der Waals surface area contributed by atoms with Gasteiger partial charge in [0.1, 0.15) is 11.9 Å². The molecule has 0 spiro atoms. The molecule has 4 saturated heterocycles. The van der Waals surface area contributed by atoms with Gasteiger partial charge in [0.2, 0.25) is 5.91 Å². The molecule has 50 heavy (non-hydrogen) atoms. The van der Waals surface area contributed by atoms with Crippen LogP contribution in [0, 0.1) is 11.7 Å². The Hall–Kier alpha value is -4.93. The van der Waals surface area contributed by atoms with Crippen LogP contribution < -0.4 is 36.4 Å². The molecule has 3 aromatic rings. The van der Waals surface area contributed by atoms with E-state index in [1.807, 2.05) is 24.3 Å². The van der Waals surface area contributed by atoms with Gasteiger partial charge in [0, 0.05) is 88.9 Å². The van der Waals surface area contributed by atoms with Gasteiger partial charge in [-0.1, -0.05) is 0 Å². The number of piperazine rings is 1. The molecule has 16 heteroatoms. The highest BCUT2D eigenvalue weighted by Gasteiger charge is 2.28. The van der Waals surface area contributed by atoms with Gasteiger partial charge in [0.05, 0.1) is 12.3 Å². The van der Waals surface area contributed by atoms with Crippen LogP contribution in [0.2, 0.25) is 0 Å². The van der Waals surface area contributed by atoms with Gasteiger partial charge in [-0.05, 0) is 61.2 Å². The zero-order chi connectivity index (χ0) is 34.6. The number of aromatic nitrogens is 3. The third-order valence-electron chi connectivity index (χ3n) is 9.79. The first-order valence-electron chi connectivity index (χ1n) is 17.2. The molecule has 0 bridgehead atoms. The molecule has 1 unspecified atom stereocenters. The Kier molecular flexibility index (Phi) is 10.0. The Labute approximate surface area is 289 Å². The van der Waals surface area contributed by atoms with Crippen molar-refractivity contribution >= 4 is 46.4 Å². The molecule has 4 fully saturated rings. The van der Waals surface area contributed by atoms with Crippen LogP contribution in [0.25, 0.3) is 0 Å². The van der Waals surface area contributed by atoms with Crippen molar-refractivity contribution in [1.29, 1.82) is 0 Å². The number of amides is 4. The number of nitrogens with two attached hydrogens (primary N) is 1. The van der Waals surface area contributed by atoms with Crippen molar-refractivity contribution in [2.75, 3.05) is 92.1 Å². The van der Waals surface area contributed by atoms with Crippen LogP contribution in [0.15, 0.2) is 42.5 Å². The van der Waals surface area contributed by atoms with Crippen molar-refractivity contribution in [2.45, 2.75) is 25.4 Å². The smallest absolute Gasteiger partial charge is 0.328 e. The molecule has 5 heterocycles. The molecular weight excluding hydrogens is 645 g/mol. The highest BCUT2D eigenvalue weighted by atomic mass is 19.1. The van der Waals surface area contributed by atoms with E-state index in [-0.39, 0.29) is 29.3 Å². The van der Waals surface area contributed by atoms with Crippen LogP contribution >= 0.6 is 0 Å². The summed E-state index contributed by atoms with van der Waals surface area (Å²) in [5, 5.41) is 16.6. The summed E-state index contributed by atoms with van der Waals surface area (Å²) < 4.78 is 21.2. The monoisotopic (exact) mass is 687 g/mol. The van der Waals surface area contributed by atoms with Crippen LogP contribution in [-0.4, -0.2) is 110 Å². The van der Waals surface area contributed by atoms with Gasteiger partial charge in [-0.15, -0.1) is 10.2 Å². The number of hydrogen-bond donors (Lipinski definition) is 4. The number of urea groups is 1. The number of piperidine rings is 1. The lowest BCUT2D eigenvalue weighted by Gasteiger charge is -2.40. The van der Waals surface area contributed by atoms with E-state index in [4.69, 9.17) is 10.5 Å². The molecule has 2 aromatic carbocycles. The Morgan fingerprint density at radius 2 is 1.72 bits per heavy atom. The van der Waals surface area contributed by atoms with E-state index < -0.39 is 12.0 Å². The second kappa shape index (κ2) is 14.9. The first-order chi connectivity index (χ1) is 24.3. The lowest BCUT2D eigenvalue weighted by Crippen LogP contribution is -2.49. The first kappa shape index (κ1) is 33.6. The van der Waals surface area contributed by atoms with Gasteiger partial charge in [0.25, 0.3) is 5.91 Å². The number of halogens is 1. The molecule has 0 aliphatic carbocycles. The summed E-state index contributed by atoms with van der Waals surface area (Å²) in [6.07, 6.45) is 2.07. The second-order valence-electron chi connectivity index (χ2n) is 13.1. The van der Waals surface area contributed by atoms with Crippen LogP contribution in [0.3, 0.4) is 0 Å². The molecule has 5 N–H and O–H groups in total. The van der Waals surface area contributed by atoms with Crippen LogP contribution in [0.4, 0.5) is 37.8 Å². The number of carbonyl (C=O) groups excluding carboxylic acids is 3. The number of primary amides is 1. The molecule has 1 aromatic heterocycles. The summed E-state index contributed by atoms with van der Waals surface area (Å²) >= 11 is 0. The molecule has 15 nitrogen and oxygen atoms in total. The lowest BCUT2D eigenvalue weighted by atomic mass is 9.95. The van der Waals surface area contributed by atoms with E-state index in [1.54, 1.807) is 17.0 Å². The summed E-state index contributed by atoms with van der Waals surface area (Å²) in [4.78, 5) is 48.6. The Morgan fingerprint density at radius 1 is 0.960 bits per heavy atom. The SMILES string of the molecule is NC(=O)c1nnc(C2CNCCO2)nc1Nc1ccc(N2CCN(CC3CCN(c4ccc(N5CCC(=O)NC5=O)cc4)CC3)CC2)c(F)c1. The van der Waals surface area contributed by atoms with Gasteiger partial charge in [-0.2, -0.15) is 0 Å². The van der Waals surface area contributed by atoms with E-state index in [1.165, 1.54) is 6.07 Å². The van der Waals surface area contributed by atoms with Crippen LogP contribution in [-0.2, 0) is 9.53 Å². The third kappa shape index (κ3) is 7.61. The molecule has 0 saturated carbocycles. The maximum atomic E-state index is 15.5. The van der Waals surface area contributed by atoms with E-state index in [2.05, 4.69) is 45.8 Å². The van der Waals surface area contributed by atoms with E-state index in [0.717, 1.165) is 76.6 Å². The zero-order valence-corrected chi connectivity index (χ0v) is 27.8. The predicted octanol–water partition coefficient (Wildman–Crippen LogP) is 2.00. The van der Waals surface area contributed by atoms with Gasteiger partial charge in [-0.3, -0.25) is 24.7 Å². The van der Waals surface area contributed by atoms with E-state index in [0.29, 0.717) is 49.2 Å². The van der Waals surface area contributed by atoms with E-state index in [9.17, 15) is 14.4 Å². The largest absolute Gasteiger partial charge is 0.372 e. The molecule has 4 aliphatic heterocycles. The maximum absolute atomic E-state index is 15.5. The van der Waals surface area contributed by atoms with Crippen molar-refractivity contribution in [3.05, 3.63) is 59.8 Å². The minimum absolute atomic E-state index is 0.101. The number of hydrogen-bond acceptors (Lipinski definition) is 12. The minimum atomic E-state index is -0.793. The minimum Gasteiger partial charge on any atom is -0.372 e. The van der Waals surface area contributed by atoms with Gasteiger partial charge in [0.15, 0.2) is 17.3 Å². The normalized spacial score (nSPS) is 20.9. The van der Waals surface area contributed by atoms with Gasteiger partial charge in [-0.25, -0.2) is 14.2 Å². The fourth-order valence-electron chi connectivity index (χ4n) is 7.00. The lowest BCUT2D eigenvalue weighted by molar-refractivity contribution is -0.120. The highest BCUT2D eigenvalue weighted by Crippen LogP contribution is 2.29. The van der Waals surface area contributed by atoms with Crippen molar-refractivity contribution in [2.24, 2.45) is 11.7 Å². The summed E-state index contributed by atoms with van der Waals surface area (Å²) in [5.74, 6) is -0.400. The number of anilines is 5. The van der Waals surface area contributed by atoms with Crippen molar-refractivity contribution in [3.8, 4) is 0 Å². The van der Waals surface area contributed by atoms with Crippen molar-refractivity contribution in [1.82, 2.24) is 30.7 Å². The highest BCUT2D eigenvalue weighted by molar-refractivity contribution is 6.05. The summed E-state index contributed by atoms with van der Waals surface area (Å²) in [5.41, 5.74) is 8.24. The molecule has 1 atom stereocenters. The topological polar surface area (TPSA) is 174 Å². The molecule has 264 valence electrons. The molecular formula is C34H42FN11O4. The average Bonchev–Trinajstić information content (AvgIpc) is 3.13. The fourth-order valence-corrected chi connectivity index (χ4v) is 7.00. The summed E-state index contributed by atoms with van der Waals surface area (Å²) in [7, 11) is 0. The number of nitrogens with one attached hydrogen (secondary N) is 3. The average molecular weight is 688 g/mol. The standard InChI is InChI=1S/C34H42FN11O4/c35-26-19-23(38-33-30(31(36)48)41-42-32(40-33)28-20-37-10-18-50-28)1-6-27(26)45-16-14-43(15-17-45)21-22-7-11-44(12-8-22)24-2-4-25(5-3-24)46-13-9-29(47)39-34(46)49/h1-6,19,22,28,37H,7-18,20-21H2,(H2,36,48)(H,38,40,42)(H,39,47,49). The quantitative estimate of drug-likeness (QED) is 0.258. The first-order valence-corrected chi connectivity index (χ1v) is 17.2. The Balaban J connectivity index is 0.888. The number of nitrogens with zero attached hydrogens (tertiary/aromatic N) is 7. The number of imide groups is 1. The number of benzene rings is 2. The summed E-state index contributed by atoms with van der Waals surface area (Å²) in [6.45, 7) is 8.23. The molecule has 7 rings (SSSR count).